The summed E-state index contributed by atoms with van der Waals surface area (Å²) < 4.78 is 0. The Morgan fingerprint density at radius 3 is 2.86 bits per heavy atom. The van der Waals surface area contributed by atoms with Gasteiger partial charge in [-0.15, -0.1) is 0 Å². The summed E-state index contributed by atoms with van der Waals surface area (Å²) in [6.45, 7) is 5.31. The number of rotatable bonds is 3. The third-order valence-corrected chi connectivity index (χ3v) is 3.74. The first-order chi connectivity index (χ1) is 10.5. The zero-order valence-electron chi connectivity index (χ0n) is 12.6. The number of aromatic nitrogens is 3. The second-order valence-electron chi connectivity index (χ2n) is 5.91. The van der Waals surface area contributed by atoms with Crippen molar-refractivity contribution in [2.45, 2.75) is 33.4 Å². The molecule has 0 saturated carbocycles. The summed E-state index contributed by atoms with van der Waals surface area (Å²) >= 11 is 5.90. The van der Waals surface area contributed by atoms with Gasteiger partial charge in [-0.05, 0) is 12.0 Å². The summed E-state index contributed by atoms with van der Waals surface area (Å²) in [5, 5.41) is 0.460. The standard InChI is InChI=1S/C16H17ClN4O/c1-10(2)3-15-19-6-12-8-21(9-14(12)20-15)16(22)11-4-13(17)7-18-5-11/h4-7,10H,3,8-9H2,1-2H3. The van der Waals surface area contributed by atoms with E-state index in [-0.39, 0.29) is 5.91 Å². The summed E-state index contributed by atoms with van der Waals surface area (Å²) in [6.07, 6.45) is 5.73. The lowest BCUT2D eigenvalue weighted by molar-refractivity contribution is 0.0750. The zero-order valence-corrected chi connectivity index (χ0v) is 13.3. The van der Waals surface area contributed by atoms with Crippen LogP contribution in [0.5, 0.6) is 0 Å². The van der Waals surface area contributed by atoms with E-state index in [1.807, 2.05) is 6.20 Å². The highest BCUT2D eigenvalue weighted by molar-refractivity contribution is 6.30. The summed E-state index contributed by atoms with van der Waals surface area (Å²) in [6, 6.07) is 1.63. The smallest absolute Gasteiger partial charge is 0.256 e. The van der Waals surface area contributed by atoms with Crippen molar-refractivity contribution in [3.05, 3.63) is 52.3 Å². The monoisotopic (exact) mass is 316 g/mol. The van der Waals surface area contributed by atoms with E-state index >= 15 is 0 Å². The molecule has 0 N–H and O–H groups in total. The van der Waals surface area contributed by atoms with Crippen LogP contribution in [0, 0.1) is 5.92 Å². The Morgan fingerprint density at radius 2 is 2.14 bits per heavy atom. The fraction of sp³-hybridized carbons (Fsp3) is 0.375. The lowest BCUT2D eigenvalue weighted by Crippen LogP contribution is -2.25. The molecule has 2 aromatic heterocycles. The minimum atomic E-state index is -0.0848. The van der Waals surface area contributed by atoms with Crippen molar-refractivity contribution in [3.63, 3.8) is 0 Å². The number of pyridine rings is 1. The van der Waals surface area contributed by atoms with Gasteiger partial charge < -0.3 is 4.90 Å². The van der Waals surface area contributed by atoms with Crippen molar-refractivity contribution in [2.24, 2.45) is 5.92 Å². The van der Waals surface area contributed by atoms with Gasteiger partial charge >= 0.3 is 0 Å². The van der Waals surface area contributed by atoms with Gasteiger partial charge in [-0.25, -0.2) is 9.97 Å². The van der Waals surface area contributed by atoms with Gasteiger partial charge in [-0.3, -0.25) is 9.78 Å². The SMILES string of the molecule is CC(C)Cc1ncc2c(n1)CN(C(=O)c1cncc(Cl)c1)C2. The first kappa shape index (κ1) is 14.9. The largest absolute Gasteiger partial charge is 0.328 e. The van der Waals surface area contributed by atoms with Crippen molar-refractivity contribution < 1.29 is 4.79 Å². The van der Waals surface area contributed by atoms with Gasteiger partial charge in [0.05, 0.1) is 22.8 Å². The van der Waals surface area contributed by atoms with Crippen molar-refractivity contribution in [1.82, 2.24) is 19.9 Å². The molecule has 0 bridgehead atoms. The molecule has 0 atom stereocenters. The fourth-order valence-corrected chi connectivity index (χ4v) is 2.69. The molecular formula is C16H17ClN4O. The Bertz CT molecular complexity index is 717. The molecule has 0 unspecified atom stereocenters. The van der Waals surface area contributed by atoms with Crippen LogP contribution in [0.3, 0.4) is 0 Å². The topological polar surface area (TPSA) is 59.0 Å². The zero-order chi connectivity index (χ0) is 15.7. The third kappa shape index (κ3) is 3.09. The van der Waals surface area contributed by atoms with E-state index in [1.54, 1.807) is 11.0 Å². The molecule has 6 heteroatoms. The predicted octanol–water partition coefficient (Wildman–Crippen LogP) is 2.88. The van der Waals surface area contributed by atoms with Crippen LogP contribution in [0.25, 0.3) is 0 Å². The molecule has 5 nitrogen and oxygen atoms in total. The summed E-state index contributed by atoms with van der Waals surface area (Å²) in [7, 11) is 0. The first-order valence-electron chi connectivity index (χ1n) is 7.26. The van der Waals surface area contributed by atoms with Crippen LogP contribution in [0.15, 0.2) is 24.7 Å². The minimum absolute atomic E-state index is 0.0848. The Labute approximate surface area is 134 Å². The second kappa shape index (κ2) is 6.01. The Morgan fingerprint density at radius 1 is 1.32 bits per heavy atom. The van der Waals surface area contributed by atoms with Crippen molar-refractivity contribution in [2.75, 3.05) is 0 Å². The normalized spacial score (nSPS) is 13.5. The Hall–Kier alpha value is -2.01. The third-order valence-electron chi connectivity index (χ3n) is 3.54. The molecule has 0 fully saturated rings. The fourth-order valence-electron chi connectivity index (χ4n) is 2.51. The van der Waals surface area contributed by atoms with Crippen molar-refractivity contribution >= 4 is 17.5 Å². The number of halogens is 1. The van der Waals surface area contributed by atoms with Crippen LogP contribution < -0.4 is 0 Å². The highest BCUT2D eigenvalue weighted by Crippen LogP contribution is 2.23. The van der Waals surface area contributed by atoms with E-state index in [2.05, 4.69) is 28.8 Å². The molecule has 1 aliphatic heterocycles. The van der Waals surface area contributed by atoms with Gasteiger partial charge in [0, 0.05) is 37.1 Å². The molecule has 22 heavy (non-hydrogen) atoms. The molecular weight excluding hydrogens is 300 g/mol. The van der Waals surface area contributed by atoms with Gasteiger partial charge in [0.25, 0.3) is 5.91 Å². The van der Waals surface area contributed by atoms with Crippen molar-refractivity contribution in [1.29, 1.82) is 0 Å². The lowest BCUT2D eigenvalue weighted by Gasteiger charge is -2.14. The van der Waals surface area contributed by atoms with Crippen LogP contribution in [0.1, 0.15) is 41.3 Å². The molecule has 114 valence electrons. The maximum Gasteiger partial charge on any atom is 0.256 e. The average Bonchev–Trinajstić information content (AvgIpc) is 2.89. The van der Waals surface area contributed by atoms with Crippen LogP contribution >= 0.6 is 11.6 Å². The highest BCUT2D eigenvalue weighted by Gasteiger charge is 2.26. The van der Waals surface area contributed by atoms with E-state index in [4.69, 9.17) is 11.6 Å². The van der Waals surface area contributed by atoms with E-state index in [0.717, 1.165) is 23.5 Å². The molecule has 1 aliphatic rings. The van der Waals surface area contributed by atoms with Crippen LogP contribution in [0.4, 0.5) is 0 Å². The van der Waals surface area contributed by atoms with E-state index < -0.39 is 0 Å². The van der Waals surface area contributed by atoms with E-state index in [1.165, 1.54) is 12.4 Å². The number of amides is 1. The molecule has 1 amide bonds. The predicted molar refractivity (Wildman–Crippen MR) is 83.4 cm³/mol. The summed E-state index contributed by atoms with van der Waals surface area (Å²) in [5.41, 5.74) is 2.44. The van der Waals surface area contributed by atoms with Crippen LogP contribution in [-0.2, 0) is 19.5 Å². The van der Waals surface area contributed by atoms with Crippen molar-refractivity contribution in [3.8, 4) is 0 Å². The van der Waals surface area contributed by atoms with Crippen LogP contribution in [-0.4, -0.2) is 25.8 Å². The maximum atomic E-state index is 12.5. The molecule has 3 heterocycles. The quantitative estimate of drug-likeness (QED) is 0.873. The number of fused-ring (bicyclic) bond motifs is 1. The van der Waals surface area contributed by atoms with Crippen LogP contribution in [0.2, 0.25) is 5.02 Å². The average molecular weight is 317 g/mol. The minimum Gasteiger partial charge on any atom is -0.328 e. The number of nitrogens with zero attached hydrogens (tertiary/aromatic N) is 4. The van der Waals surface area contributed by atoms with Gasteiger partial charge in [-0.1, -0.05) is 25.4 Å². The lowest BCUT2D eigenvalue weighted by atomic mass is 10.1. The van der Waals surface area contributed by atoms with Gasteiger partial charge in [0.1, 0.15) is 5.82 Å². The first-order valence-corrected chi connectivity index (χ1v) is 7.64. The van der Waals surface area contributed by atoms with E-state index in [0.29, 0.717) is 29.6 Å². The number of carbonyl (C=O) groups excluding carboxylic acids is 1. The summed E-state index contributed by atoms with van der Waals surface area (Å²) in [4.78, 5) is 27.2. The number of carbonyl (C=O) groups is 1. The number of hydrogen-bond acceptors (Lipinski definition) is 4. The summed E-state index contributed by atoms with van der Waals surface area (Å²) in [5.74, 6) is 1.26. The van der Waals surface area contributed by atoms with E-state index in [9.17, 15) is 4.79 Å². The maximum absolute atomic E-state index is 12.5. The van der Waals surface area contributed by atoms with Gasteiger partial charge in [0.15, 0.2) is 0 Å². The highest BCUT2D eigenvalue weighted by atomic mass is 35.5. The second-order valence-corrected chi connectivity index (χ2v) is 6.35. The molecule has 0 saturated heterocycles. The Kier molecular flexibility index (Phi) is 4.07. The molecule has 3 rings (SSSR count). The Balaban J connectivity index is 1.78. The molecule has 0 aromatic carbocycles. The molecule has 0 radical (unpaired) electrons. The van der Waals surface area contributed by atoms with Gasteiger partial charge in [-0.2, -0.15) is 0 Å². The molecule has 2 aromatic rings. The molecule has 0 spiro atoms. The molecule has 0 aliphatic carbocycles. The van der Waals surface area contributed by atoms with Gasteiger partial charge in [0.2, 0.25) is 0 Å². The number of hydrogen-bond donors (Lipinski definition) is 0.